The van der Waals surface area contributed by atoms with Crippen LogP contribution in [0.25, 0.3) is 12.2 Å². The zero-order valence-corrected chi connectivity index (χ0v) is 13.4. The fourth-order valence-corrected chi connectivity index (χ4v) is 2.00. The Morgan fingerprint density at radius 2 is 1.82 bits per heavy atom. The Bertz CT molecular complexity index is 652. The van der Waals surface area contributed by atoms with Crippen molar-refractivity contribution in [3.05, 3.63) is 59.9 Å². The molecule has 0 spiro atoms. The van der Waals surface area contributed by atoms with Crippen LogP contribution < -0.4 is 21.9 Å². The van der Waals surface area contributed by atoms with Gasteiger partial charge in [-0.1, -0.05) is 12.1 Å². The summed E-state index contributed by atoms with van der Waals surface area (Å²) in [5.74, 6) is -0.851. The van der Waals surface area contributed by atoms with Crippen molar-refractivity contribution in [2.45, 2.75) is 6.54 Å². The van der Waals surface area contributed by atoms with E-state index in [1.807, 2.05) is 61.5 Å². The van der Waals surface area contributed by atoms with Gasteiger partial charge < -0.3 is 22.4 Å². The van der Waals surface area contributed by atoms with E-state index < -0.39 is 5.97 Å². The molecule has 4 nitrogen and oxygen atoms in total. The van der Waals surface area contributed by atoms with Gasteiger partial charge in [0.25, 0.3) is 0 Å². The molecule has 1 aromatic heterocycles. The van der Waals surface area contributed by atoms with Crippen molar-refractivity contribution in [2.24, 2.45) is 0 Å². The normalized spacial score (nSPS) is 10.3. The summed E-state index contributed by atoms with van der Waals surface area (Å²) in [7, 11) is 4.01. The van der Waals surface area contributed by atoms with Crippen molar-refractivity contribution in [3.63, 3.8) is 0 Å². The van der Waals surface area contributed by atoms with Crippen molar-refractivity contribution in [3.8, 4) is 0 Å². The number of hydrogen-bond acceptors (Lipinski definition) is 2. The molecule has 22 heavy (non-hydrogen) atoms. The zero-order valence-electron chi connectivity index (χ0n) is 12.6. The maximum absolute atomic E-state index is 10.8. The molecule has 0 aliphatic rings. The van der Waals surface area contributed by atoms with Crippen molar-refractivity contribution in [1.82, 2.24) is 0 Å². The maximum Gasteiger partial charge on any atom is 0.370 e. The number of pyridine rings is 1. The number of benzene rings is 1. The number of nitrogens with zero attached hydrogens (tertiary/aromatic N) is 2. The standard InChI is InChI=1S/C17H18N2O2.ClH/c1-18(2)15-9-6-14(7-10-15)8-11-16-5-3-4-12-19(16)13-17(20)21;/h3-12H,13H2,1-2H3;1H. The second-order valence-electron chi connectivity index (χ2n) is 4.97. The number of anilines is 1. The third-order valence-corrected chi connectivity index (χ3v) is 3.14. The van der Waals surface area contributed by atoms with Gasteiger partial charge in [-0.15, -0.1) is 0 Å². The summed E-state index contributed by atoms with van der Waals surface area (Å²) >= 11 is 0. The van der Waals surface area contributed by atoms with Crippen molar-refractivity contribution in [1.29, 1.82) is 0 Å². The van der Waals surface area contributed by atoms with Gasteiger partial charge in [0.1, 0.15) is 0 Å². The lowest BCUT2D eigenvalue weighted by molar-refractivity contribution is -0.687. The van der Waals surface area contributed by atoms with Crippen LogP contribution in [-0.2, 0) is 11.3 Å². The molecular weight excluding hydrogens is 300 g/mol. The van der Waals surface area contributed by atoms with Gasteiger partial charge in [-0.2, -0.15) is 4.57 Å². The average molecular weight is 319 g/mol. The summed E-state index contributed by atoms with van der Waals surface area (Å²) in [6.07, 6.45) is 5.67. The van der Waals surface area contributed by atoms with Crippen LogP contribution in [0.4, 0.5) is 5.69 Å². The van der Waals surface area contributed by atoms with Gasteiger partial charge in [0.2, 0.25) is 12.2 Å². The molecule has 0 saturated heterocycles. The van der Waals surface area contributed by atoms with E-state index in [2.05, 4.69) is 12.1 Å². The lowest BCUT2D eigenvalue weighted by Crippen LogP contribution is -3.00. The molecule has 2 aromatic rings. The Morgan fingerprint density at radius 1 is 1.14 bits per heavy atom. The summed E-state index contributed by atoms with van der Waals surface area (Å²) in [5.41, 5.74) is 3.08. The minimum Gasteiger partial charge on any atom is -1.00 e. The Hall–Kier alpha value is -2.33. The zero-order chi connectivity index (χ0) is 15.2. The van der Waals surface area contributed by atoms with Gasteiger partial charge in [0, 0.05) is 38.0 Å². The molecule has 1 aromatic carbocycles. The Labute approximate surface area is 136 Å². The molecule has 1 N–H and O–H groups in total. The molecule has 0 aliphatic carbocycles. The minimum absolute atomic E-state index is 0. The number of aromatic nitrogens is 1. The topological polar surface area (TPSA) is 44.4 Å². The summed E-state index contributed by atoms with van der Waals surface area (Å²) in [4.78, 5) is 12.9. The first-order chi connectivity index (χ1) is 10.1. The lowest BCUT2D eigenvalue weighted by Gasteiger charge is -2.11. The molecule has 0 unspecified atom stereocenters. The van der Waals surface area contributed by atoms with Crippen LogP contribution in [0.2, 0.25) is 0 Å². The molecule has 0 atom stereocenters. The van der Waals surface area contributed by atoms with Crippen LogP contribution in [0, 0.1) is 0 Å². The molecule has 1 heterocycles. The highest BCUT2D eigenvalue weighted by Crippen LogP contribution is 2.13. The maximum atomic E-state index is 10.8. The molecule has 0 amide bonds. The molecule has 0 aliphatic heterocycles. The van der Waals surface area contributed by atoms with Crippen molar-refractivity contribution >= 4 is 23.8 Å². The second kappa shape index (κ2) is 8.20. The highest BCUT2D eigenvalue weighted by atomic mass is 35.5. The predicted octanol–water partition coefficient (Wildman–Crippen LogP) is -0.701. The molecule has 0 fully saturated rings. The van der Waals surface area contributed by atoms with Crippen LogP contribution >= 0.6 is 0 Å². The molecular formula is C17H19ClN2O2. The Morgan fingerprint density at radius 3 is 2.41 bits per heavy atom. The summed E-state index contributed by atoms with van der Waals surface area (Å²) < 4.78 is 1.70. The lowest BCUT2D eigenvalue weighted by atomic mass is 10.1. The molecule has 0 bridgehead atoms. The Balaban J connectivity index is 0.00000242. The van der Waals surface area contributed by atoms with E-state index in [-0.39, 0.29) is 19.0 Å². The highest BCUT2D eigenvalue weighted by Gasteiger charge is 2.10. The minimum atomic E-state index is -0.851. The third kappa shape index (κ3) is 4.90. The monoisotopic (exact) mass is 318 g/mol. The first kappa shape index (κ1) is 17.7. The van der Waals surface area contributed by atoms with Crippen molar-refractivity contribution in [2.75, 3.05) is 19.0 Å². The third-order valence-electron chi connectivity index (χ3n) is 3.14. The molecule has 0 saturated carbocycles. The summed E-state index contributed by atoms with van der Waals surface area (Å²) in [6, 6.07) is 13.8. The number of carboxylic acid groups (broad SMARTS) is 1. The quantitative estimate of drug-likeness (QED) is 0.742. The number of aliphatic carboxylic acids is 1. The van der Waals surface area contributed by atoms with Gasteiger partial charge in [-0.3, -0.25) is 0 Å². The van der Waals surface area contributed by atoms with E-state index in [1.54, 1.807) is 10.8 Å². The van der Waals surface area contributed by atoms with E-state index in [4.69, 9.17) is 5.11 Å². The van der Waals surface area contributed by atoms with Gasteiger partial charge in [0.15, 0.2) is 6.20 Å². The fraction of sp³-hybridized carbons (Fsp3) is 0.176. The largest absolute Gasteiger partial charge is 1.00 e. The van der Waals surface area contributed by atoms with E-state index in [0.717, 1.165) is 16.9 Å². The van der Waals surface area contributed by atoms with Crippen LogP contribution in [0.5, 0.6) is 0 Å². The first-order valence-corrected chi connectivity index (χ1v) is 6.72. The highest BCUT2D eigenvalue weighted by molar-refractivity contribution is 5.69. The molecule has 0 radical (unpaired) electrons. The second-order valence-corrected chi connectivity index (χ2v) is 4.97. The van der Waals surface area contributed by atoms with E-state index in [1.165, 1.54) is 0 Å². The van der Waals surface area contributed by atoms with Crippen molar-refractivity contribution < 1.29 is 26.9 Å². The number of halogens is 1. The van der Waals surface area contributed by atoms with Gasteiger partial charge >= 0.3 is 5.97 Å². The van der Waals surface area contributed by atoms with Crippen LogP contribution in [0.1, 0.15) is 11.3 Å². The summed E-state index contributed by atoms with van der Waals surface area (Å²) in [6.45, 7) is -0.0416. The van der Waals surface area contributed by atoms with E-state index in [0.29, 0.717) is 0 Å². The smallest absolute Gasteiger partial charge is 0.370 e. The van der Waals surface area contributed by atoms with Gasteiger partial charge in [0.05, 0.1) is 0 Å². The summed E-state index contributed by atoms with van der Waals surface area (Å²) in [5, 5.41) is 8.91. The number of rotatable bonds is 5. The van der Waals surface area contributed by atoms with E-state index in [9.17, 15) is 4.79 Å². The van der Waals surface area contributed by atoms with Crippen LogP contribution in [0.15, 0.2) is 48.7 Å². The number of carbonyl (C=O) groups is 1. The number of carboxylic acids is 1. The molecule has 2 rings (SSSR count). The Kier molecular flexibility index (Phi) is 6.60. The van der Waals surface area contributed by atoms with Crippen LogP contribution in [-0.4, -0.2) is 25.2 Å². The fourth-order valence-electron chi connectivity index (χ4n) is 2.00. The van der Waals surface area contributed by atoms with Crippen LogP contribution in [0.3, 0.4) is 0 Å². The average Bonchev–Trinajstić information content (AvgIpc) is 2.46. The van der Waals surface area contributed by atoms with Gasteiger partial charge in [-0.05, 0) is 29.8 Å². The number of hydrogen-bond donors (Lipinski definition) is 1. The van der Waals surface area contributed by atoms with E-state index >= 15 is 0 Å². The molecule has 116 valence electrons. The van der Waals surface area contributed by atoms with Gasteiger partial charge in [-0.25, -0.2) is 4.79 Å². The molecule has 5 heteroatoms. The SMILES string of the molecule is CN(C)c1ccc(/C=C/c2cccc[n+]2CC(=O)O)cc1.[Cl-]. The predicted molar refractivity (Wildman–Crippen MR) is 84.0 cm³/mol. The first-order valence-electron chi connectivity index (χ1n) is 6.72.